The summed E-state index contributed by atoms with van der Waals surface area (Å²) in [4.78, 5) is 27.7. The van der Waals surface area contributed by atoms with Gasteiger partial charge in [-0.25, -0.2) is 0 Å². The standard InChI is InChI=1S/C24H21N2O3P/c27-30(28,29)24(20-10-4-1-5-11-20,21-16-18-25-19-17-21)26(22-12-6-2-7-13-22)23-14-8-3-9-15-23/h1-19H,(H2,27,28,29). The van der Waals surface area contributed by atoms with Crippen LogP contribution < -0.4 is 4.90 Å². The predicted octanol–water partition coefficient (Wildman–Crippen LogP) is 5.30. The minimum Gasteiger partial charge on any atom is -0.322 e. The highest BCUT2D eigenvalue weighted by Crippen LogP contribution is 2.64. The van der Waals surface area contributed by atoms with Crippen LogP contribution in [0.2, 0.25) is 0 Å². The number of nitrogens with zero attached hydrogens (tertiary/aromatic N) is 2. The summed E-state index contributed by atoms with van der Waals surface area (Å²) >= 11 is 0. The second-order valence-electron chi connectivity index (χ2n) is 6.82. The van der Waals surface area contributed by atoms with E-state index in [1.807, 2.05) is 66.7 Å². The molecule has 0 radical (unpaired) electrons. The molecule has 1 aromatic heterocycles. The van der Waals surface area contributed by atoms with E-state index in [1.54, 1.807) is 53.7 Å². The third-order valence-electron chi connectivity index (χ3n) is 5.03. The molecule has 0 aliphatic rings. The van der Waals surface area contributed by atoms with E-state index in [0.29, 0.717) is 22.5 Å². The molecule has 6 heteroatoms. The van der Waals surface area contributed by atoms with Crippen molar-refractivity contribution in [3.63, 3.8) is 0 Å². The molecule has 5 nitrogen and oxygen atoms in total. The van der Waals surface area contributed by atoms with Crippen LogP contribution in [0.4, 0.5) is 11.4 Å². The SMILES string of the molecule is O=P(O)(O)C(c1ccccc1)(c1ccncc1)N(c1ccccc1)c1ccccc1. The van der Waals surface area contributed by atoms with Gasteiger partial charge in [0.25, 0.3) is 0 Å². The lowest BCUT2D eigenvalue weighted by atomic mass is 9.95. The van der Waals surface area contributed by atoms with Crippen molar-refractivity contribution in [3.05, 3.63) is 127 Å². The largest absolute Gasteiger partial charge is 0.360 e. The van der Waals surface area contributed by atoms with Gasteiger partial charge < -0.3 is 14.7 Å². The van der Waals surface area contributed by atoms with Crippen LogP contribution in [0.3, 0.4) is 0 Å². The van der Waals surface area contributed by atoms with Gasteiger partial charge in [0.15, 0.2) is 5.28 Å². The predicted molar refractivity (Wildman–Crippen MR) is 119 cm³/mol. The number of hydrogen-bond donors (Lipinski definition) is 2. The van der Waals surface area contributed by atoms with Gasteiger partial charge in [0.05, 0.1) is 0 Å². The van der Waals surface area contributed by atoms with E-state index in [9.17, 15) is 14.4 Å². The third-order valence-corrected chi connectivity index (χ3v) is 6.59. The Balaban J connectivity index is 2.16. The highest BCUT2D eigenvalue weighted by molar-refractivity contribution is 7.53. The van der Waals surface area contributed by atoms with Gasteiger partial charge in [-0.3, -0.25) is 9.55 Å². The molecule has 0 saturated heterocycles. The molecule has 1 unspecified atom stereocenters. The second-order valence-corrected chi connectivity index (χ2v) is 8.56. The topological polar surface area (TPSA) is 73.7 Å². The summed E-state index contributed by atoms with van der Waals surface area (Å²) in [6, 6.07) is 30.8. The van der Waals surface area contributed by atoms with E-state index < -0.39 is 12.9 Å². The fraction of sp³-hybridized carbons (Fsp3) is 0.0417. The third kappa shape index (κ3) is 3.44. The Labute approximate surface area is 175 Å². The van der Waals surface area contributed by atoms with Crippen molar-refractivity contribution in [1.82, 2.24) is 4.98 Å². The second kappa shape index (κ2) is 8.25. The summed E-state index contributed by atoms with van der Waals surface area (Å²) in [5.74, 6) is 0. The minimum atomic E-state index is -4.84. The number of para-hydroxylation sites is 2. The lowest BCUT2D eigenvalue weighted by molar-refractivity contribution is 0.339. The van der Waals surface area contributed by atoms with Gasteiger partial charge in [-0.05, 0) is 47.5 Å². The molecule has 0 spiro atoms. The van der Waals surface area contributed by atoms with Gasteiger partial charge in [0, 0.05) is 23.8 Å². The van der Waals surface area contributed by atoms with Crippen LogP contribution in [0.1, 0.15) is 11.1 Å². The van der Waals surface area contributed by atoms with Gasteiger partial charge >= 0.3 is 7.60 Å². The summed E-state index contributed by atoms with van der Waals surface area (Å²) in [5.41, 5.74) is 2.25. The normalized spacial score (nSPS) is 13.4. The number of pyridine rings is 1. The fourth-order valence-corrected chi connectivity index (χ4v) is 5.29. The maximum absolute atomic E-state index is 13.5. The fourth-order valence-electron chi connectivity index (χ4n) is 3.82. The Morgan fingerprint density at radius 3 is 1.47 bits per heavy atom. The molecule has 0 fully saturated rings. The monoisotopic (exact) mass is 416 g/mol. The Bertz CT molecular complexity index is 1060. The van der Waals surface area contributed by atoms with Crippen molar-refractivity contribution in [3.8, 4) is 0 Å². The molecular weight excluding hydrogens is 395 g/mol. The molecule has 0 amide bonds. The van der Waals surface area contributed by atoms with Crippen molar-refractivity contribution in [1.29, 1.82) is 0 Å². The molecule has 0 saturated carbocycles. The number of anilines is 2. The zero-order chi connectivity index (χ0) is 21.0. The lowest BCUT2D eigenvalue weighted by Crippen LogP contribution is -2.44. The quantitative estimate of drug-likeness (QED) is 0.418. The summed E-state index contributed by atoms with van der Waals surface area (Å²) in [7, 11) is -4.84. The summed E-state index contributed by atoms with van der Waals surface area (Å²) in [6.45, 7) is 0. The molecule has 30 heavy (non-hydrogen) atoms. The van der Waals surface area contributed by atoms with E-state index >= 15 is 0 Å². The van der Waals surface area contributed by atoms with Crippen LogP contribution in [0.5, 0.6) is 0 Å². The number of aromatic nitrogens is 1. The van der Waals surface area contributed by atoms with Gasteiger partial charge in [-0.1, -0.05) is 66.7 Å². The highest BCUT2D eigenvalue weighted by atomic mass is 31.2. The lowest BCUT2D eigenvalue weighted by Gasteiger charge is -2.46. The van der Waals surface area contributed by atoms with E-state index in [0.717, 1.165) is 0 Å². The molecule has 150 valence electrons. The number of rotatable bonds is 6. The number of benzene rings is 3. The summed E-state index contributed by atoms with van der Waals surface area (Å²) in [6.07, 6.45) is 3.10. The zero-order valence-corrected chi connectivity index (χ0v) is 17.0. The molecule has 0 aliphatic heterocycles. The summed E-state index contributed by atoms with van der Waals surface area (Å²) in [5, 5.41) is -1.79. The van der Waals surface area contributed by atoms with Crippen molar-refractivity contribution in [2.45, 2.75) is 5.28 Å². The first-order valence-electron chi connectivity index (χ1n) is 9.47. The highest BCUT2D eigenvalue weighted by Gasteiger charge is 2.55. The maximum Gasteiger partial charge on any atom is 0.360 e. The molecule has 4 aromatic rings. The Morgan fingerprint density at radius 2 is 1.03 bits per heavy atom. The Hall–Kier alpha value is -3.24. The molecule has 0 bridgehead atoms. The molecule has 0 aliphatic carbocycles. The van der Waals surface area contributed by atoms with Crippen LogP contribution >= 0.6 is 7.60 Å². The van der Waals surface area contributed by atoms with Crippen LogP contribution in [0.25, 0.3) is 0 Å². The van der Waals surface area contributed by atoms with E-state index in [1.165, 1.54) is 0 Å². The van der Waals surface area contributed by atoms with Gasteiger partial charge in [0.2, 0.25) is 0 Å². The molecule has 1 heterocycles. The van der Waals surface area contributed by atoms with E-state index in [4.69, 9.17) is 0 Å². The molecule has 3 aromatic carbocycles. The van der Waals surface area contributed by atoms with Crippen molar-refractivity contribution >= 4 is 19.0 Å². The van der Waals surface area contributed by atoms with Crippen LogP contribution in [0, 0.1) is 0 Å². The van der Waals surface area contributed by atoms with Gasteiger partial charge in [-0.2, -0.15) is 0 Å². The summed E-state index contributed by atoms with van der Waals surface area (Å²) < 4.78 is 13.5. The molecule has 1 atom stereocenters. The molecule has 4 rings (SSSR count). The zero-order valence-electron chi connectivity index (χ0n) is 16.1. The van der Waals surface area contributed by atoms with Gasteiger partial charge in [0.1, 0.15) is 0 Å². The molecular formula is C24H21N2O3P. The minimum absolute atomic E-state index is 0.449. The average molecular weight is 416 g/mol. The molecule has 2 N–H and O–H groups in total. The first-order chi connectivity index (χ1) is 14.5. The van der Waals surface area contributed by atoms with E-state index in [-0.39, 0.29) is 0 Å². The van der Waals surface area contributed by atoms with Crippen LogP contribution in [0.15, 0.2) is 116 Å². The smallest absolute Gasteiger partial charge is 0.322 e. The van der Waals surface area contributed by atoms with Crippen molar-refractivity contribution in [2.24, 2.45) is 0 Å². The van der Waals surface area contributed by atoms with Crippen molar-refractivity contribution in [2.75, 3.05) is 4.90 Å². The Kier molecular flexibility index (Phi) is 5.51. The van der Waals surface area contributed by atoms with E-state index in [2.05, 4.69) is 4.98 Å². The Morgan fingerprint density at radius 1 is 0.633 bits per heavy atom. The number of hydrogen-bond acceptors (Lipinski definition) is 3. The maximum atomic E-state index is 13.5. The first kappa shape index (κ1) is 20.0. The first-order valence-corrected chi connectivity index (χ1v) is 11.1. The van der Waals surface area contributed by atoms with Crippen LogP contribution in [-0.2, 0) is 9.85 Å². The van der Waals surface area contributed by atoms with Crippen LogP contribution in [-0.4, -0.2) is 14.8 Å². The van der Waals surface area contributed by atoms with Crippen molar-refractivity contribution < 1.29 is 14.4 Å². The van der Waals surface area contributed by atoms with Gasteiger partial charge in [-0.15, -0.1) is 0 Å². The average Bonchev–Trinajstić information content (AvgIpc) is 2.79.